The number of hydrogen-bond donors (Lipinski definition) is 8. The van der Waals surface area contributed by atoms with E-state index in [0.29, 0.717) is 40.3 Å². The number of anilines is 1. The molecule has 11 atom stereocenters. The maximum absolute atomic E-state index is 17.5. The number of aliphatic hydroxyl groups excluding tert-OH is 1. The number of phosphoric acid groups is 2. The molecule has 3 fully saturated rings. The third-order valence-corrected chi connectivity index (χ3v) is 18.5. The normalized spacial score (nSPS) is 30.2. The molecule has 2 aromatic heterocycles. The number of aliphatic hydroxyl groups is 2. The number of carboxylic acids is 1. The summed E-state index contributed by atoms with van der Waals surface area (Å²) in [6.45, 7) is 4.26. The Bertz CT molecular complexity index is 2840. The SMILES string of the molecule is Cc1nc2ccc(CN(C)c3ccc(C(=O)N[C@@H](CCC(=O)NCCOP(=O)(O)OP(=O)(O)OCC(=O)[C@@]4(O)[C@H](C)C[C@H]5[C@@H]6CCC7=CC(=O)C=C[C@]7(C)[C@@]6(F)[C@@H](O)C[C@@]54C)C(=O)O)s3)cc2c(=O)[nH]1. The first kappa shape index (κ1) is 53.0. The number of thiophene rings is 1. The first-order valence-electron chi connectivity index (χ1n) is 22.5. The summed E-state index contributed by atoms with van der Waals surface area (Å²) in [6.07, 6.45) is 2.00. The lowest BCUT2D eigenvalue weighted by atomic mass is 9.44. The third kappa shape index (κ3) is 10.0. The number of nitrogens with one attached hydrogen (secondary N) is 3. The molecule has 8 N–H and O–H groups in total. The highest BCUT2D eigenvalue weighted by Gasteiger charge is 2.75. The van der Waals surface area contributed by atoms with Gasteiger partial charge in [0.15, 0.2) is 17.2 Å². The second kappa shape index (κ2) is 19.7. The fraction of sp³-hybridized carbons (Fsp3) is 0.533. The minimum Gasteiger partial charge on any atom is -0.480 e. The molecule has 0 aliphatic heterocycles. The number of allylic oxidation sites excluding steroid dienone is 4. The molecule has 0 radical (unpaired) electrons. The number of carbonyl (C=O) groups is 5. The van der Waals surface area contributed by atoms with E-state index in [-0.39, 0.29) is 41.9 Å². The highest BCUT2D eigenvalue weighted by molar-refractivity contribution is 7.61. The van der Waals surface area contributed by atoms with Crippen molar-refractivity contribution in [3.63, 3.8) is 0 Å². The summed E-state index contributed by atoms with van der Waals surface area (Å²) in [6, 6.07) is 7.01. The molecule has 3 saturated carbocycles. The topological polar surface area (TPSA) is 321 Å². The second-order valence-electron chi connectivity index (χ2n) is 19.0. The summed E-state index contributed by atoms with van der Waals surface area (Å²) >= 11 is 1.09. The van der Waals surface area contributed by atoms with E-state index in [0.717, 1.165) is 16.9 Å². The molecule has 0 bridgehead atoms. The van der Waals surface area contributed by atoms with E-state index < -0.39 is 117 Å². The molecule has 25 heteroatoms. The van der Waals surface area contributed by atoms with Gasteiger partial charge in [-0.3, -0.25) is 33.0 Å². The van der Waals surface area contributed by atoms with Crippen LogP contribution in [0.1, 0.15) is 80.4 Å². The lowest BCUT2D eigenvalue weighted by Crippen LogP contribution is -2.69. The standard InChI is InChI=1S/C45H56FN5O16P2S/c1-24-18-31-30-8-7-27-20-28(52)14-15-42(27,3)44(30,46)35(53)21-43(31,4)45(24,60)36(54)23-66-69(63,64)67-68(61,62)65-17-16-47-37(55)12-10-33(41(58)59)50-40(57)34-11-13-38(70-34)51(5)22-26-6-9-32-29(19-26)39(56)49-25(2)48-32/h6,9,11,13-15,19-20,24,30-31,33,35,53,60H,7-8,10,12,16-18,21-23H2,1-5H3,(H,47,55)(H,50,57)(H,58,59)(H,61,62)(H,63,64)(H,48,49,56)/t24-,30+,31+,33+,35+,42+,43+,44+,45+/m1/s1. The van der Waals surface area contributed by atoms with Crippen LogP contribution in [0.3, 0.4) is 0 Å². The predicted octanol–water partition coefficient (Wildman–Crippen LogP) is 4.18. The van der Waals surface area contributed by atoms with Gasteiger partial charge in [0.25, 0.3) is 11.5 Å². The Morgan fingerprint density at radius 2 is 1.80 bits per heavy atom. The van der Waals surface area contributed by atoms with E-state index in [1.807, 2.05) is 11.0 Å². The molecule has 0 spiro atoms. The number of aromatic nitrogens is 2. The van der Waals surface area contributed by atoms with E-state index in [4.69, 9.17) is 4.52 Å². The average molecular weight is 1040 g/mol. The fourth-order valence-electron chi connectivity index (χ4n) is 11.2. The van der Waals surface area contributed by atoms with Gasteiger partial charge in [-0.2, -0.15) is 4.31 Å². The predicted molar refractivity (Wildman–Crippen MR) is 250 cm³/mol. The molecular formula is C45H56FN5O16P2S. The van der Waals surface area contributed by atoms with Crippen LogP contribution in [0.15, 0.2) is 58.9 Å². The van der Waals surface area contributed by atoms with E-state index >= 15 is 4.39 Å². The minimum atomic E-state index is -5.57. The molecule has 7 rings (SSSR count). The van der Waals surface area contributed by atoms with Gasteiger partial charge in [-0.25, -0.2) is 23.3 Å². The van der Waals surface area contributed by atoms with Crippen molar-refractivity contribution in [2.75, 3.05) is 31.7 Å². The Kier molecular flexibility index (Phi) is 14.9. The number of benzene rings is 1. The smallest absolute Gasteiger partial charge is 0.480 e. The van der Waals surface area contributed by atoms with Crippen molar-refractivity contribution in [1.82, 2.24) is 20.6 Å². The number of Topliss-reactive ketones (excluding diaryl/α,β-unsaturated/α-hetero) is 1. The van der Waals surface area contributed by atoms with Crippen LogP contribution in [0.4, 0.5) is 9.39 Å². The lowest BCUT2D eigenvalue weighted by Gasteiger charge is -2.62. The molecule has 2 heterocycles. The number of aliphatic carboxylic acids is 1. The quantitative estimate of drug-likeness (QED) is 0.0617. The van der Waals surface area contributed by atoms with Crippen molar-refractivity contribution in [3.05, 3.63) is 80.8 Å². The molecule has 4 aliphatic rings. The number of hydrogen-bond acceptors (Lipinski definition) is 16. The number of carboxylic acid groups (broad SMARTS) is 1. The van der Waals surface area contributed by atoms with Gasteiger partial charge in [0.1, 0.15) is 24.1 Å². The fourth-order valence-corrected chi connectivity index (χ4v) is 14.1. The van der Waals surface area contributed by atoms with E-state index in [2.05, 4.69) is 29.4 Å². The number of halogens is 1. The largest absolute Gasteiger partial charge is 0.481 e. The van der Waals surface area contributed by atoms with Crippen LogP contribution in [-0.2, 0) is 48.2 Å². The molecule has 3 aromatic rings. The third-order valence-electron chi connectivity index (χ3n) is 14.7. The number of fused-ring (bicyclic) bond motifs is 6. The molecule has 2 unspecified atom stereocenters. The van der Waals surface area contributed by atoms with Gasteiger partial charge < -0.3 is 45.6 Å². The molecular weight excluding hydrogens is 980 g/mol. The van der Waals surface area contributed by atoms with Crippen molar-refractivity contribution in [2.45, 2.75) is 96.2 Å². The highest BCUT2D eigenvalue weighted by Crippen LogP contribution is 2.71. The zero-order chi connectivity index (χ0) is 51.4. The van der Waals surface area contributed by atoms with Gasteiger partial charge in [0.2, 0.25) is 5.91 Å². The number of nitrogens with zero attached hydrogens (tertiary/aromatic N) is 2. The Hall–Kier alpha value is -4.80. The van der Waals surface area contributed by atoms with Crippen molar-refractivity contribution in [2.24, 2.45) is 28.6 Å². The summed E-state index contributed by atoms with van der Waals surface area (Å²) in [5, 5.41) is 39.2. The van der Waals surface area contributed by atoms with Crippen LogP contribution >= 0.6 is 27.0 Å². The maximum atomic E-state index is 17.5. The van der Waals surface area contributed by atoms with Crippen molar-refractivity contribution in [1.29, 1.82) is 0 Å². The molecule has 380 valence electrons. The average Bonchev–Trinajstić information content (AvgIpc) is 3.85. The summed E-state index contributed by atoms with van der Waals surface area (Å²) < 4.78 is 56.7. The summed E-state index contributed by atoms with van der Waals surface area (Å²) in [5.74, 6) is -6.11. The molecule has 21 nitrogen and oxygen atoms in total. The van der Waals surface area contributed by atoms with Gasteiger partial charge in [-0.1, -0.05) is 31.6 Å². The summed E-state index contributed by atoms with van der Waals surface area (Å²) in [7, 11) is -9.20. The van der Waals surface area contributed by atoms with Gasteiger partial charge in [-0.05, 0) is 99.8 Å². The Balaban J connectivity index is 0.849. The summed E-state index contributed by atoms with van der Waals surface area (Å²) in [5.41, 5.74) is -5.67. The minimum absolute atomic E-state index is 0.148. The van der Waals surface area contributed by atoms with E-state index in [1.165, 1.54) is 24.3 Å². The van der Waals surface area contributed by atoms with Crippen LogP contribution in [0.5, 0.6) is 0 Å². The molecule has 2 amide bonds. The van der Waals surface area contributed by atoms with Gasteiger partial charge in [0, 0.05) is 43.3 Å². The van der Waals surface area contributed by atoms with Crippen molar-refractivity contribution >= 4 is 72.2 Å². The lowest BCUT2D eigenvalue weighted by molar-refractivity contribution is -0.219. The van der Waals surface area contributed by atoms with Crippen LogP contribution in [0.25, 0.3) is 10.9 Å². The van der Waals surface area contributed by atoms with Crippen LogP contribution in [0, 0.1) is 35.5 Å². The van der Waals surface area contributed by atoms with Crippen molar-refractivity contribution in [3.8, 4) is 0 Å². The first-order valence-corrected chi connectivity index (χ1v) is 26.3. The van der Waals surface area contributed by atoms with Crippen LogP contribution in [-0.4, -0.2) is 115 Å². The Labute approximate surface area is 404 Å². The number of rotatable bonds is 19. The zero-order valence-electron chi connectivity index (χ0n) is 38.9. The number of H-pyrrole nitrogens is 1. The van der Waals surface area contributed by atoms with Gasteiger partial charge >= 0.3 is 21.6 Å². The van der Waals surface area contributed by atoms with E-state index in [9.17, 15) is 63.0 Å². The van der Waals surface area contributed by atoms with Gasteiger partial charge in [0.05, 0.1) is 33.5 Å². The molecule has 0 saturated heterocycles. The number of ketones is 2. The number of carbonyl (C=O) groups excluding carboxylic acids is 4. The number of alkyl halides is 1. The first-order chi connectivity index (χ1) is 32.6. The molecule has 4 aliphatic carbocycles. The number of amides is 2. The monoisotopic (exact) mass is 1040 g/mol. The molecule has 70 heavy (non-hydrogen) atoms. The van der Waals surface area contributed by atoms with Crippen LogP contribution < -0.4 is 21.1 Å². The summed E-state index contributed by atoms with van der Waals surface area (Å²) in [4.78, 5) is 105. The maximum Gasteiger partial charge on any atom is 0.481 e. The zero-order valence-corrected chi connectivity index (χ0v) is 41.5. The number of phosphoric ester groups is 2. The highest BCUT2D eigenvalue weighted by atomic mass is 32.1. The Morgan fingerprint density at radius 1 is 1.09 bits per heavy atom. The molecule has 1 aromatic carbocycles. The second-order valence-corrected chi connectivity index (χ2v) is 23.1. The van der Waals surface area contributed by atoms with Gasteiger partial charge in [-0.15, -0.1) is 11.3 Å². The van der Waals surface area contributed by atoms with Crippen molar-refractivity contribution < 1.29 is 76.0 Å². The number of aromatic amines is 1. The number of aryl methyl sites for hydroxylation is 1. The van der Waals surface area contributed by atoms with Crippen LogP contribution in [0.2, 0.25) is 0 Å². The Morgan fingerprint density at radius 3 is 2.51 bits per heavy atom. The van der Waals surface area contributed by atoms with E-state index in [1.54, 1.807) is 52.9 Å².